The molecular formula is C24H28N2O6. The molecule has 0 unspecified atom stereocenters. The zero-order chi connectivity index (χ0) is 22.8. The Hall–Kier alpha value is -3.52. The molecule has 8 heteroatoms. The summed E-state index contributed by atoms with van der Waals surface area (Å²) in [5, 5.41) is 20.2. The molecule has 0 fully saturated rings. The van der Waals surface area contributed by atoms with Crippen molar-refractivity contribution in [2.24, 2.45) is 0 Å². The number of fused-ring (bicyclic) bond motifs is 1. The van der Waals surface area contributed by atoms with Crippen LogP contribution < -0.4 is 5.48 Å². The summed E-state index contributed by atoms with van der Waals surface area (Å²) in [6, 6.07) is 2.44. The van der Waals surface area contributed by atoms with Gasteiger partial charge in [-0.1, -0.05) is 30.4 Å². The minimum absolute atomic E-state index is 0.0623. The molecule has 0 bridgehead atoms. The summed E-state index contributed by atoms with van der Waals surface area (Å²) in [4.78, 5) is 32.0. The second-order valence-electron chi connectivity index (χ2n) is 7.40. The highest BCUT2D eigenvalue weighted by Gasteiger charge is 2.19. The fourth-order valence-electron chi connectivity index (χ4n) is 3.32. The van der Waals surface area contributed by atoms with Crippen molar-refractivity contribution in [3.05, 3.63) is 65.4 Å². The highest BCUT2D eigenvalue weighted by molar-refractivity contribution is 5.97. The molecule has 3 rings (SSSR count). The van der Waals surface area contributed by atoms with Gasteiger partial charge >= 0.3 is 5.97 Å². The van der Waals surface area contributed by atoms with Gasteiger partial charge in [0.15, 0.2) is 6.61 Å². The number of cyclic esters (lactones) is 1. The Bertz CT molecular complexity index is 948. The van der Waals surface area contributed by atoms with Crippen LogP contribution in [0, 0.1) is 0 Å². The smallest absolute Gasteiger partial charge is 0.342 e. The molecule has 1 aromatic carbocycles. The maximum absolute atomic E-state index is 12.5. The quantitative estimate of drug-likeness (QED) is 0.375. The van der Waals surface area contributed by atoms with E-state index in [-0.39, 0.29) is 41.7 Å². The number of rotatable bonds is 4. The number of hydrogen-bond donors (Lipinski definition) is 3. The first-order valence-electron chi connectivity index (χ1n) is 10.6. The predicted molar refractivity (Wildman–Crippen MR) is 120 cm³/mol. The molecule has 2 aliphatic rings. The number of amides is 1. The fraction of sp³-hybridized carbons (Fsp3) is 0.333. The Morgan fingerprint density at radius 3 is 2.66 bits per heavy atom. The lowest BCUT2D eigenvalue weighted by atomic mass is 10.0. The highest BCUT2D eigenvalue weighted by atomic mass is 16.6. The number of nitrogens with zero attached hydrogens (tertiary/aromatic N) is 1. The van der Waals surface area contributed by atoms with Gasteiger partial charge in [-0.15, -0.1) is 0 Å². The predicted octanol–water partition coefficient (Wildman–Crippen LogP) is 3.20. The van der Waals surface area contributed by atoms with Crippen LogP contribution in [-0.4, -0.2) is 53.3 Å². The lowest BCUT2D eigenvalue weighted by Gasteiger charge is -2.23. The van der Waals surface area contributed by atoms with E-state index in [4.69, 9.17) is 9.57 Å². The Kier molecular flexibility index (Phi) is 8.51. The molecule has 1 aromatic rings. The normalized spacial score (nSPS) is 19.8. The molecular weight excluding hydrogens is 412 g/mol. The van der Waals surface area contributed by atoms with Crippen LogP contribution in [0.3, 0.4) is 0 Å². The molecule has 1 amide bonds. The van der Waals surface area contributed by atoms with Crippen molar-refractivity contribution in [1.82, 2.24) is 10.4 Å². The lowest BCUT2D eigenvalue weighted by molar-refractivity contribution is -0.137. The van der Waals surface area contributed by atoms with E-state index in [1.54, 1.807) is 17.1 Å². The number of benzene rings is 1. The van der Waals surface area contributed by atoms with Gasteiger partial charge in [-0.25, -0.2) is 4.79 Å². The van der Waals surface area contributed by atoms with Crippen LogP contribution in [0.15, 0.2) is 54.3 Å². The van der Waals surface area contributed by atoms with Gasteiger partial charge in [-0.05, 0) is 49.5 Å². The van der Waals surface area contributed by atoms with Crippen LogP contribution in [0.1, 0.15) is 41.6 Å². The second kappa shape index (κ2) is 11.8. The molecule has 2 heterocycles. The van der Waals surface area contributed by atoms with Crippen molar-refractivity contribution < 1.29 is 29.4 Å². The number of hydroxylamine groups is 1. The SMILES string of the molecule is O=C1OCCC=CCC/C=C/C(NOCC(=O)N2CC=CCC2)=C/c2cc(O)cc(O)c21. The number of phenols is 2. The van der Waals surface area contributed by atoms with Crippen molar-refractivity contribution in [3.8, 4) is 11.5 Å². The van der Waals surface area contributed by atoms with E-state index in [1.807, 2.05) is 30.4 Å². The van der Waals surface area contributed by atoms with E-state index in [0.29, 0.717) is 25.2 Å². The molecule has 8 nitrogen and oxygen atoms in total. The molecule has 0 aliphatic carbocycles. The number of allylic oxidation sites excluding steroid dienone is 3. The number of hydrogen-bond acceptors (Lipinski definition) is 7. The Morgan fingerprint density at radius 1 is 1.06 bits per heavy atom. The van der Waals surface area contributed by atoms with Crippen LogP contribution in [0.5, 0.6) is 11.5 Å². The van der Waals surface area contributed by atoms with Crippen molar-refractivity contribution in [1.29, 1.82) is 0 Å². The molecule has 0 radical (unpaired) electrons. The lowest BCUT2D eigenvalue weighted by Crippen LogP contribution is -2.37. The Morgan fingerprint density at radius 2 is 1.84 bits per heavy atom. The first-order valence-corrected chi connectivity index (χ1v) is 10.6. The summed E-state index contributed by atoms with van der Waals surface area (Å²) in [6.45, 7) is 1.23. The van der Waals surface area contributed by atoms with Gasteiger partial charge in [-0.3, -0.25) is 15.1 Å². The van der Waals surface area contributed by atoms with E-state index in [9.17, 15) is 19.8 Å². The van der Waals surface area contributed by atoms with E-state index in [1.165, 1.54) is 6.07 Å². The molecule has 170 valence electrons. The van der Waals surface area contributed by atoms with E-state index in [2.05, 4.69) is 5.48 Å². The van der Waals surface area contributed by atoms with Crippen LogP contribution in [-0.2, 0) is 14.4 Å². The maximum Gasteiger partial charge on any atom is 0.342 e. The number of carbonyl (C=O) groups is 2. The van der Waals surface area contributed by atoms with Gasteiger partial charge in [0.05, 0.1) is 12.3 Å². The minimum atomic E-state index is -0.697. The average molecular weight is 440 g/mol. The van der Waals surface area contributed by atoms with Gasteiger partial charge in [0, 0.05) is 19.2 Å². The largest absolute Gasteiger partial charge is 0.508 e. The first kappa shape index (κ1) is 23.1. The molecule has 0 aromatic heterocycles. The number of aromatic hydroxyl groups is 2. The van der Waals surface area contributed by atoms with Gasteiger partial charge in [0.1, 0.15) is 17.1 Å². The summed E-state index contributed by atoms with van der Waals surface area (Å²) in [7, 11) is 0. The summed E-state index contributed by atoms with van der Waals surface area (Å²) in [6.07, 6.45) is 16.1. The summed E-state index contributed by atoms with van der Waals surface area (Å²) < 4.78 is 5.26. The average Bonchev–Trinajstić information content (AvgIpc) is 2.77. The zero-order valence-electron chi connectivity index (χ0n) is 17.8. The van der Waals surface area contributed by atoms with Crippen molar-refractivity contribution >= 4 is 18.0 Å². The summed E-state index contributed by atoms with van der Waals surface area (Å²) in [5.74, 6) is -1.43. The molecule has 2 aliphatic heterocycles. The third-order valence-corrected chi connectivity index (χ3v) is 4.93. The molecule has 32 heavy (non-hydrogen) atoms. The molecule has 0 saturated heterocycles. The number of ether oxygens (including phenoxy) is 1. The van der Waals surface area contributed by atoms with Crippen molar-refractivity contribution in [2.45, 2.75) is 25.7 Å². The Balaban J connectivity index is 1.81. The van der Waals surface area contributed by atoms with Gasteiger partial charge in [0.25, 0.3) is 5.91 Å². The topological polar surface area (TPSA) is 108 Å². The number of esters is 1. The Labute approximate surface area is 187 Å². The van der Waals surface area contributed by atoms with E-state index in [0.717, 1.165) is 25.3 Å². The number of nitrogens with one attached hydrogen (secondary N) is 1. The van der Waals surface area contributed by atoms with Crippen LogP contribution >= 0.6 is 0 Å². The van der Waals surface area contributed by atoms with Gasteiger partial charge < -0.3 is 19.8 Å². The molecule has 0 spiro atoms. The van der Waals surface area contributed by atoms with Gasteiger partial charge in [0.2, 0.25) is 0 Å². The minimum Gasteiger partial charge on any atom is -0.508 e. The standard InChI is InChI=1S/C24H28N2O6/c27-20-15-18-14-19(25-32-17-22(29)26-11-7-5-8-12-26)10-6-3-1-2-4-9-13-31-24(30)23(18)21(28)16-20/h2,4-7,10,14-16,25,27-28H,1,3,8-9,11-13,17H2/b4-2?,10-6+,19-14-. The van der Waals surface area contributed by atoms with Crippen LogP contribution in [0.25, 0.3) is 6.08 Å². The van der Waals surface area contributed by atoms with Crippen molar-refractivity contribution in [3.63, 3.8) is 0 Å². The third-order valence-electron chi connectivity index (χ3n) is 4.93. The monoisotopic (exact) mass is 440 g/mol. The third kappa shape index (κ3) is 6.75. The number of carbonyl (C=O) groups excluding carboxylic acids is 2. The van der Waals surface area contributed by atoms with Gasteiger partial charge in [-0.2, -0.15) is 0 Å². The fourth-order valence-corrected chi connectivity index (χ4v) is 3.32. The highest BCUT2D eigenvalue weighted by Crippen LogP contribution is 2.29. The zero-order valence-corrected chi connectivity index (χ0v) is 17.8. The van der Waals surface area contributed by atoms with Crippen LogP contribution in [0.4, 0.5) is 0 Å². The maximum atomic E-state index is 12.5. The van der Waals surface area contributed by atoms with E-state index < -0.39 is 5.97 Å². The summed E-state index contributed by atoms with van der Waals surface area (Å²) in [5.41, 5.74) is 3.37. The first-order chi connectivity index (χ1) is 15.5. The molecule has 0 atom stereocenters. The second-order valence-corrected chi connectivity index (χ2v) is 7.40. The van der Waals surface area contributed by atoms with Crippen LogP contribution in [0.2, 0.25) is 0 Å². The van der Waals surface area contributed by atoms with E-state index >= 15 is 0 Å². The molecule has 0 saturated carbocycles. The van der Waals surface area contributed by atoms with Crippen molar-refractivity contribution in [2.75, 3.05) is 26.3 Å². The summed E-state index contributed by atoms with van der Waals surface area (Å²) >= 11 is 0. The number of phenolic OH excluding ortho intramolecular Hbond substituents is 2. The molecule has 3 N–H and O–H groups in total.